The van der Waals surface area contributed by atoms with Crippen LogP contribution in [0, 0.1) is 0 Å². The van der Waals surface area contributed by atoms with Gasteiger partial charge in [-0.2, -0.15) is 0 Å². The minimum Gasteiger partial charge on any atom is -0.370 e. The lowest BCUT2D eigenvalue weighted by atomic mass is 10.0. The van der Waals surface area contributed by atoms with Crippen LogP contribution < -0.4 is 43.4 Å². The number of H-pyrrole nitrogens is 2. The SMILES string of the molecule is NC(N)=NCCC[C@@H]1NC(=O)C(Cc2ccccc2)NC(=O)[C@H](Cc2cnc[nH]2)NC(=O)CCSSCCNC(=O)CNC(=O)[C@H](Cc2cc3ccccc3[nH]2)NC1=O. The van der Waals surface area contributed by atoms with Gasteiger partial charge < -0.3 is 53.3 Å². The summed E-state index contributed by atoms with van der Waals surface area (Å²) >= 11 is 0. The lowest BCUT2D eigenvalue weighted by Gasteiger charge is -2.26. The molecule has 20 heteroatoms. The Kier molecular flexibility index (Phi) is 17.0. The molecule has 1 saturated heterocycles. The summed E-state index contributed by atoms with van der Waals surface area (Å²) in [6, 6.07) is 13.8. The monoisotopic (exact) mass is 846 g/mol. The van der Waals surface area contributed by atoms with Gasteiger partial charge >= 0.3 is 0 Å². The van der Waals surface area contributed by atoms with E-state index in [4.69, 9.17) is 11.5 Å². The van der Waals surface area contributed by atoms with E-state index in [1.54, 1.807) is 30.5 Å². The highest BCUT2D eigenvalue weighted by molar-refractivity contribution is 8.76. The van der Waals surface area contributed by atoms with Crippen molar-refractivity contribution in [2.45, 2.75) is 62.7 Å². The molecule has 6 amide bonds. The summed E-state index contributed by atoms with van der Waals surface area (Å²) in [4.78, 5) is 96.3. The van der Waals surface area contributed by atoms with Crippen molar-refractivity contribution in [1.82, 2.24) is 46.9 Å². The van der Waals surface area contributed by atoms with Crippen LogP contribution in [0.25, 0.3) is 10.9 Å². The summed E-state index contributed by atoms with van der Waals surface area (Å²) in [5.74, 6) is -2.58. The van der Waals surface area contributed by atoms with Crippen LogP contribution in [0.1, 0.15) is 36.2 Å². The van der Waals surface area contributed by atoms with Crippen molar-refractivity contribution in [3.63, 3.8) is 0 Å². The summed E-state index contributed by atoms with van der Waals surface area (Å²) in [6.45, 7) is 0.118. The number of nitrogens with one attached hydrogen (secondary N) is 8. The van der Waals surface area contributed by atoms with Crippen molar-refractivity contribution >= 4 is 73.9 Å². The van der Waals surface area contributed by atoms with Gasteiger partial charge in [0, 0.05) is 73.4 Å². The third-order valence-corrected chi connectivity index (χ3v) is 11.6. The van der Waals surface area contributed by atoms with Crippen molar-refractivity contribution < 1.29 is 28.8 Å². The van der Waals surface area contributed by atoms with E-state index < -0.39 is 53.7 Å². The fraction of sp³-hybridized carbons (Fsp3) is 0.385. The molecule has 59 heavy (non-hydrogen) atoms. The van der Waals surface area contributed by atoms with Gasteiger partial charge in [0.05, 0.1) is 12.9 Å². The summed E-state index contributed by atoms with van der Waals surface area (Å²) < 4.78 is 0. The first kappa shape index (κ1) is 44.1. The maximum Gasteiger partial charge on any atom is 0.243 e. The Labute approximate surface area is 348 Å². The highest BCUT2D eigenvalue weighted by atomic mass is 33.1. The molecule has 0 saturated carbocycles. The molecule has 3 heterocycles. The maximum atomic E-state index is 14.3. The molecule has 1 aliphatic rings. The van der Waals surface area contributed by atoms with E-state index in [-0.39, 0.29) is 63.5 Å². The molecule has 2 aromatic heterocycles. The second-order valence-electron chi connectivity index (χ2n) is 13.8. The Morgan fingerprint density at radius 2 is 1.37 bits per heavy atom. The molecule has 4 atom stereocenters. The second-order valence-corrected chi connectivity index (χ2v) is 16.5. The molecule has 0 bridgehead atoms. The minimum atomic E-state index is -1.22. The summed E-state index contributed by atoms with van der Waals surface area (Å²) in [5, 5.41) is 17.5. The Bertz CT molecular complexity index is 2030. The third kappa shape index (κ3) is 14.7. The largest absolute Gasteiger partial charge is 0.370 e. The van der Waals surface area contributed by atoms with Crippen molar-refractivity contribution in [2.24, 2.45) is 16.5 Å². The Morgan fingerprint density at radius 3 is 2.10 bits per heavy atom. The zero-order valence-electron chi connectivity index (χ0n) is 32.3. The molecule has 0 radical (unpaired) electrons. The number of nitrogens with zero attached hydrogens (tertiary/aromatic N) is 2. The van der Waals surface area contributed by atoms with E-state index in [0.29, 0.717) is 29.4 Å². The number of hydrogen-bond acceptors (Lipinski definition) is 10. The predicted octanol–water partition coefficient (Wildman–Crippen LogP) is -0.0708. The number of nitrogens with two attached hydrogens (primary N) is 2. The van der Waals surface area contributed by atoms with Gasteiger partial charge in [-0.05, 0) is 35.9 Å². The Balaban J connectivity index is 1.45. The normalized spacial score (nSPS) is 20.9. The highest BCUT2D eigenvalue weighted by Crippen LogP contribution is 2.21. The lowest BCUT2D eigenvalue weighted by Crippen LogP contribution is -2.59. The van der Waals surface area contributed by atoms with Crippen molar-refractivity contribution in [3.8, 4) is 0 Å². The van der Waals surface area contributed by atoms with Gasteiger partial charge in [-0.3, -0.25) is 33.8 Å². The number of aliphatic imine (C=N–C) groups is 1. The van der Waals surface area contributed by atoms with Crippen molar-refractivity contribution in [2.75, 3.05) is 31.1 Å². The van der Waals surface area contributed by atoms with Crippen LogP contribution in [0.4, 0.5) is 0 Å². The topological polar surface area (TPSA) is 283 Å². The number of guanidine groups is 1. The molecule has 1 fully saturated rings. The maximum absolute atomic E-state index is 14.3. The average molecular weight is 847 g/mol. The Hall–Kier alpha value is -6.02. The van der Waals surface area contributed by atoms with Crippen molar-refractivity contribution in [3.05, 3.63) is 90.1 Å². The number of rotatable bonds is 10. The first-order chi connectivity index (χ1) is 28.5. The molecule has 2 aromatic carbocycles. The van der Waals surface area contributed by atoms with E-state index in [2.05, 4.69) is 51.8 Å². The number of benzene rings is 2. The number of aromatic amines is 2. The molecule has 0 spiro atoms. The van der Waals surface area contributed by atoms with Crippen molar-refractivity contribution in [1.29, 1.82) is 0 Å². The fourth-order valence-electron chi connectivity index (χ4n) is 6.25. The highest BCUT2D eigenvalue weighted by Gasteiger charge is 2.32. The zero-order valence-corrected chi connectivity index (χ0v) is 34.0. The van der Waals surface area contributed by atoms with Gasteiger partial charge in [-0.15, -0.1) is 0 Å². The van der Waals surface area contributed by atoms with E-state index in [0.717, 1.165) is 16.5 Å². The van der Waals surface area contributed by atoms with Gasteiger partial charge in [0.2, 0.25) is 35.4 Å². The zero-order chi connectivity index (χ0) is 42.0. The second kappa shape index (κ2) is 22.8. The number of hydrogen-bond donors (Lipinski definition) is 10. The number of fused-ring (bicyclic) bond motifs is 1. The summed E-state index contributed by atoms with van der Waals surface area (Å²) in [5.41, 5.74) is 13.9. The van der Waals surface area contributed by atoms with Crippen LogP contribution in [-0.2, 0) is 48.0 Å². The average Bonchev–Trinajstić information content (AvgIpc) is 3.89. The van der Waals surface area contributed by atoms with Gasteiger partial charge in [0.15, 0.2) is 5.96 Å². The summed E-state index contributed by atoms with van der Waals surface area (Å²) in [6.07, 6.45) is 3.57. The van der Waals surface area contributed by atoms with Gasteiger partial charge in [0.1, 0.15) is 24.2 Å². The minimum absolute atomic E-state index is 0.0343. The van der Waals surface area contributed by atoms with E-state index in [1.807, 2.05) is 36.4 Å². The third-order valence-electron chi connectivity index (χ3n) is 9.19. The molecule has 0 aliphatic carbocycles. The van der Waals surface area contributed by atoms with Gasteiger partial charge in [-0.1, -0.05) is 70.1 Å². The van der Waals surface area contributed by atoms with Gasteiger partial charge in [0.25, 0.3) is 0 Å². The van der Waals surface area contributed by atoms with E-state index >= 15 is 0 Å². The van der Waals surface area contributed by atoms with E-state index in [9.17, 15) is 28.8 Å². The standard InChI is InChI=1S/C39H50N12O6S2/c40-39(41)44-13-6-11-29-36(55)51-31(19-26-18-25-9-4-5-10-28(25)47-26)35(54)45-22-34(53)43-14-16-59-58-15-12-33(52)48-32(20-27-21-42-23-46-27)38(57)50-30(37(56)49-29)17-24-7-2-1-3-8-24/h1-5,7-10,18,21,23,29-32,47H,6,11-17,19-20,22H2,(H,42,46)(H,43,53)(H,45,54)(H,48,52)(H,49,56)(H,50,57)(H,51,55)(H4,40,41,44)/t29-,30?,31-,32-/m0/s1. The molecule has 1 aliphatic heterocycles. The van der Waals surface area contributed by atoms with E-state index in [1.165, 1.54) is 27.9 Å². The molecular weight excluding hydrogens is 797 g/mol. The number of imidazole rings is 1. The molecule has 12 N–H and O–H groups in total. The molecule has 4 aromatic rings. The quantitative estimate of drug-likeness (QED) is 0.0437. The molecular formula is C39H50N12O6S2. The number of carbonyl (C=O) groups excluding carboxylic acids is 6. The Morgan fingerprint density at radius 1 is 0.712 bits per heavy atom. The molecule has 5 rings (SSSR count). The first-order valence-electron chi connectivity index (χ1n) is 19.2. The first-order valence-corrected chi connectivity index (χ1v) is 21.7. The lowest BCUT2D eigenvalue weighted by molar-refractivity contribution is -0.134. The number of amides is 6. The molecule has 314 valence electrons. The van der Waals surface area contributed by atoms with Crippen LogP contribution in [0.2, 0.25) is 0 Å². The van der Waals surface area contributed by atoms with Crippen LogP contribution in [0.15, 0.2) is 78.2 Å². The number of carbonyl (C=O) groups is 6. The fourth-order valence-corrected chi connectivity index (χ4v) is 8.15. The molecule has 1 unspecified atom stereocenters. The van der Waals surface area contributed by atoms with Crippen LogP contribution in [0.5, 0.6) is 0 Å². The number of para-hydroxylation sites is 1. The van der Waals surface area contributed by atoms with Gasteiger partial charge in [-0.25, -0.2) is 4.98 Å². The smallest absolute Gasteiger partial charge is 0.243 e. The predicted molar refractivity (Wildman–Crippen MR) is 228 cm³/mol. The summed E-state index contributed by atoms with van der Waals surface area (Å²) in [7, 11) is 2.90. The van der Waals surface area contributed by atoms with Crippen LogP contribution in [-0.4, -0.2) is 112 Å². The number of aromatic nitrogens is 3. The van der Waals surface area contributed by atoms with Crippen LogP contribution >= 0.6 is 21.6 Å². The van der Waals surface area contributed by atoms with Crippen LogP contribution in [0.3, 0.4) is 0 Å². The molecule has 18 nitrogen and oxygen atoms in total.